The second-order valence-corrected chi connectivity index (χ2v) is 4.98. The first-order valence-corrected chi connectivity index (χ1v) is 6.27. The standard InChI is InChI=1S/C8H12N2O5S/c1-4-14-7(11)6-5-15-8(9-6)10(2)16(3,12)13/h5H,4H2,1-3H3. The zero-order valence-electron chi connectivity index (χ0n) is 9.13. The number of sulfonamides is 1. The van der Waals surface area contributed by atoms with E-state index in [4.69, 9.17) is 4.42 Å². The van der Waals surface area contributed by atoms with Crippen LogP contribution in [0.25, 0.3) is 0 Å². The lowest BCUT2D eigenvalue weighted by Crippen LogP contribution is -2.25. The van der Waals surface area contributed by atoms with Gasteiger partial charge in [0, 0.05) is 7.05 Å². The van der Waals surface area contributed by atoms with E-state index < -0.39 is 16.0 Å². The van der Waals surface area contributed by atoms with Crippen LogP contribution in [0.2, 0.25) is 0 Å². The van der Waals surface area contributed by atoms with Crippen LogP contribution in [0.1, 0.15) is 17.4 Å². The molecule has 0 aliphatic carbocycles. The molecule has 8 heteroatoms. The lowest BCUT2D eigenvalue weighted by Gasteiger charge is -2.10. The Balaban J connectivity index is 2.91. The first-order chi connectivity index (χ1) is 7.36. The Kier molecular flexibility index (Phi) is 3.53. The molecule has 0 N–H and O–H groups in total. The summed E-state index contributed by atoms with van der Waals surface area (Å²) in [5.74, 6) is -0.653. The maximum atomic E-state index is 11.2. The summed E-state index contributed by atoms with van der Waals surface area (Å²) in [6.45, 7) is 1.87. The highest BCUT2D eigenvalue weighted by Crippen LogP contribution is 2.15. The van der Waals surface area contributed by atoms with Gasteiger partial charge in [0.2, 0.25) is 10.0 Å². The van der Waals surface area contributed by atoms with E-state index in [0.717, 1.165) is 16.8 Å². The molecule has 0 aliphatic rings. The fourth-order valence-corrected chi connectivity index (χ4v) is 1.22. The molecule has 0 saturated heterocycles. The van der Waals surface area contributed by atoms with Crippen molar-refractivity contribution in [1.29, 1.82) is 0 Å². The summed E-state index contributed by atoms with van der Waals surface area (Å²) in [6.07, 6.45) is 2.05. The Labute approximate surface area is 93.1 Å². The van der Waals surface area contributed by atoms with Crippen LogP contribution >= 0.6 is 0 Å². The van der Waals surface area contributed by atoms with Gasteiger partial charge in [0.25, 0.3) is 0 Å². The van der Waals surface area contributed by atoms with E-state index in [1.807, 2.05) is 0 Å². The molecule has 0 spiro atoms. The van der Waals surface area contributed by atoms with Crippen molar-refractivity contribution in [3.63, 3.8) is 0 Å². The van der Waals surface area contributed by atoms with Crippen LogP contribution in [0, 0.1) is 0 Å². The number of hydrogen-bond donors (Lipinski definition) is 0. The van der Waals surface area contributed by atoms with E-state index in [1.54, 1.807) is 6.92 Å². The Bertz CT molecular complexity index is 478. The SMILES string of the molecule is CCOC(=O)c1coc(N(C)S(C)(=O)=O)n1. The van der Waals surface area contributed by atoms with Crippen LogP contribution in [0.3, 0.4) is 0 Å². The average molecular weight is 248 g/mol. The van der Waals surface area contributed by atoms with E-state index in [1.165, 1.54) is 7.05 Å². The Morgan fingerprint density at radius 2 is 2.25 bits per heavy atom. The lowest BCUT2D eigenvalue weighted by molar-refractivity contribution is 0.0519. The molecule has 1 aromatic rings. The molecule has 0 saturated carbocycles. The van der Waals surface area contributed by atoms with Gasteiger partial charge in [-0.3, -0.25) is 0 Å². The number of ether oxygens (including phenoxy) is 1. The summed E-state index contributed by atoms with van der Waals surface area (Å²) in [4.78, 5) is 14.9. The van der Waals surface area contributed by atoms with E-state index in [0.29, 0.717) is 0 Å². The predicted molar refractivity (Wildman–Crippen MR) is 55.7 cm³/mol. The highest BCUT2D eigenvalue weighted by atomic mass is 32.2. The number of anilines is 1. The minimum absolute atomic E-state index is 0.0626. The van der Waals surface area contributed by atoms with Crippen molar-refractivity contribution in [2.24, 2.45) is 0 Å². The number of nitrogens with zero attached hydrogens (tertiary/aromatic N) is 2. The maximum Gasteiger partial charge on any atom is 0.360 e. The largest absolute Gasteiger partial charge is 0.461 e. The molecule has 16 heavy (non-hydrogen) atoms. The van der Waals surface area contributed by atoms with Crippen LogP contribution in [-0.2, 0) is 14.8 Å². The number of hydrogen-bond acceptors (Lipinski definition) is 6. The molecule has 90 valence electrons. The molecule has 1 rings (SSSR count). The number of carbonyl (C=O) groups is 1. The zero-order chi connectivity index (χ0) is 12.3. The smallest absolute Gasteiger partial charge is 0.360 e. The monoisotopic (exact) mass is 248 g/mol. The van der Waals surface area contributed by atoms with Crippen LogP contribution < -0.4 is 4.31 Å². The first-order valence-electron chi connectivity index (χ1n) is 4.42. The molecule has 0 aliphatic heterocycles. The number of carbonyl (C=O) groups excluding carboxylic acids is 1. The van der Waals surface area contributed by atoms with Crippen molar-refractivity contribution in [2.75, 3.05) is 24.2 Å². The summed E-state index contributed by atoms with van der Waals surface area (Å²) in [5.41, 5.74) is -0.0626. The van der Waals surface area contributed by atoms with E-state index in [-0.39, 0.29) is 18.3 Å². The average Bonchev–Trinajstić information content (AvgIpc) is 2.64. The fourth-order valence-electron chi connectivity index (χ4n) is 0.850. The van der Waals surface area contributed by atoms with Gasteiger partial charge in [-0.05, 0) is 6.92 Å². The molecule has 0 amide bonds. The van der Waals surface area contributed by atoms with Crippen molar-refractivity contribution in [1.82, 2.24) is 4.98 Å². The van der Waals surface area contributed by atoms with Crippen LogP contribution in [0.15, 0.2) is 10.7 Å². The van der Waals surface area contributed by atoms with Crippen molar-refractivity contribution >= 4 is 22.0 Å². The number of aromatic nitrogens is 1. The Morgan fingerprint density at radius 3 is 2.75 bits per heavy atom. The molecular weight excluding hydrogens is 236 g/mol. The van der Waals surface area contributed by atoms with Gasteiger partial charge in [-0.2, -0.15) is 4.98 Å². The van der Waals surface area contributed by atoms with Crippen LogP contribution in [0.5, 0.6) is 0 Å². The number of esters is 1. The molecule has 0 aromatic carbocycles. The third kappa shape index (κ3) is 2.72. The summed E-state index contributed by atoms with van der Waals surface area (Å²) >= 11 is 0. The maximum absolute atomic E-state index is 11.2. The third-order valence-electron chi connectivity index (χ3n) is 1.74. The zero-order valence-corrected chi connectivity index (χ0v) is 9.94. The normalized spacial score (nSPS) is 11.2. The van der Waals surface area contributed by atoms with E-state index >= 15 is 0 Å². The summed E-state index contributed by atoms with van der Waals surface area (Å²) in [5, 5.41) is 0. The fraction of sp³-hybridized carbons (Fsp3) is 0.500. The van der Waals surface area contributed by atoms with Gasteiger partial charge in [0.05, 0.1) is 12.9 Å². The van der Waals surface area contributed by atoms with Crippen molar-refractivity contribution in [3.8, 4) is 0 Å². The predicted octanol–water partition coefficient (Wildman–Crippen LogP) is 0.247. The molecule has 7 nitrogen and oxygen atoms in total. The lowest BCUT2D eigenvalue weighted by atomic mass is 10.5. The van der Waals surface area contributed by atoms with E-state index in [2.05, 4.69) is 9.72 Å². The van der Waals surface area contributed by atoms with Gasteiger partial charge in [-0.25, -0.2) is 17.5 Å². The Morgan fingerprint density at radius 1 is 1.62 bits per heavy atom. The number of oxazole rings is 1. The molecular formula is C8H12N2O5S. The summed E-state index contributed by atoms with van der Waals surface area (Å²) < 4.78 is 32.7. The van der Waals surface area contributed by atoms with Crippen LogP contribution in [0.4, 0.5) is 6.01 Å². The van der Waals surface area contributed by atoms with E-state index in [9.17, 15) is 13.2 Å². The summed E-state index contributed by atoms with van der Waals surface area (Å²) in [6, 6.07) is -0.175. The second-order valence-electron chi connectivity index (χ2n) is 2.97. The molecule has 1 heterocycles. The molecule has 0 bridgehead atoms. The topological polar surface area (TPSA) is 89.7 Å². The van der Waals surface area contributed by atoms with Crippen molar-refractivity contribution in [3.05, 3.63) is 12.0 Å². The molecule has 0 fully saturated rings. The molecule has 1 aromatic heterocycles. The molecule has 0 atom stereocenters. The second kappa shape index (κ2) is 4.52. The third-order valence-corrected chi connectivity index (χ3v) is 2.89. The minimum atomic E-state index is -3.46. The first kappa shape index (κ1) is 12.5. The van der Waals surface area contributed by atoms with Crippen LogP contribution in [-0.4, -0.2) is 39.3 Å². The minimum Gasteiger partial charge on any atom is -0.461 e. The van der Waals surface area contributed by atoms with Crippen molar-refractivity contribution < 1.29 is 22.4 Å². The highest BCUT2D eigenvalue weighted by Gasteiger charge is 2.20. The highest BCUT2D eigenvalue weighted by molar-refractivity contribution is 7.92. The van der Waals surface area contributed by atoms with Gasteiger partial charge in [-0.1, -0.05) is 0 Å². The molecule has 0 unspecified atom stereocenters. The van der Waals surface area contributed by atoms with Gasteiger partial charge >= 0.3 is 12.0 Å². The van der Waals surface area contributed by atoms with Gasteiger partial charge in [0.15, 0.2) is 5.69 Å². The summed E-state index contributed by atoms with van der Waals surface area (Å²) in [7, 11) is -2.18. The Hall–Kier alpha value is -1.57. The molecule has 0 radical (unpaired) electrons. The quantitative estimate of drug-likeness (QED) is 0.709. The number of rotatable bonds is 4. The van der Waals surface area contributed by atoms with Gasteiger partial charge in [0.1, 0.15) is 6.26 Å². The van der Waals surface area contributed by atoms with Gasteiger partial charge < -0.3 is 9.15 Å². The van der Waals surface area contributed by atoms with Gasteiger partial charge in [-0.15, -0.1) is 0 Å². The van der Waals surface area contributed by atoms with Crippen molar-refractivity contribution in [2.45, 2.75) is 6.92 Å².